The predicted octanol–water partition coefficient (Wildman–Crippen LogP) is 0.811. The van der Waals surface area contributed by atoms with Gasteiger partial charge in [0.1, 0.15) is 6.10 Å². The first-order valence-corrected chi connectivity index (χ1v) is 9.50. The highest BCUT2D eigenvalue weighted by Crippen LogP contribution is 2.39. The molecule has 2 aliphatic rings. The van der Waals surface area contributed by atoms with Crippen molar-refractivity contribution >= 4 is 23.9 Å². The highest BCUT2D eigenvalue weighted by Gasteiger charge is 2.69. The molecule has 158 valence electrons. The van der Waals surface area contributed by atoms with Crippen molar-refractivity contribution in [3.05, 3.63) is 0 Å². The number of carbonyl (C=O) groups excluding carboxylic acids is 4. The summed E-state index contributed by atoms with van der Waals surface area (Å²) in [4.78, 5) is 48.8. The molecule has 1 atom stereocenters. The molecule has 0 spiro atoms. The van der Waals surface area contributed by atoms with Crippen LogP contribution in [-0.2, 0) is 38.1 Å². The third-order valence-corrected chi connectivity index (χ3v) is 4.50. The quantitative estimate of drug-likeness (QED) is 0.648. The van der Waals surface area contributed by atoms with Crippen molar-refractivity contribution in [1.82, 2.24) is 0 Å². The maximum atomic E-state index is 12.3. The molecule has 2 aliphatic heterocycles. The minimum absolute atomic E-state index is 0.113. The van der Waals surface area contributed by atoms with Crippen LogP contribution in [0, 0.1) is 0 Å². The molecule has 2 fully saturated rings. The van der Waals surface area contributed by atoms with Gasteiger partial charge in [-0.2, -0.15) is 0 Å². The second-order valence-electron chi connectivity index (χ2n) is 6.86. The monoisotopic (exact) mass is 402 g/mol. The molecule has 0 aromatic rings. The summed E-state index contributed by atoms with van der Waals surface area (Å²) in [5.74, 6) is -10.0. The molecular formula is C18H26O10. The van der Waals surface area contributed by atoms with Gasteiger partial charge >= 0.3 is 35.6 Å². The van der Waals surface area contributed by atoms with Gasteiger partial charge in [-0.15, -0.1) is 0 Å². The van der Waals surface area contributed by atoms with Crippen LogP contribution in [0.2, 0.25) is 0 Å². The fourth-order valence-corrected chi connectivity index (χ4v) is 3.05. The molecule has 2 rings (SSSR count). The highest BCUT2D eigenvalue weighted by atomic mass is 16.9. The lowest BCUT2D eigenvalue weighted by molar-refractivity contribution is -0.458. The summed E-state index contributed by atoms with van der Waals surface area (Å²) in [7, 11) is 0. The molecule has 0 bridgehead atoms. The van der Waals surface area contributed by atoms with Gasteiger partial charge in [-0.25, -0.2) is 0 Å². The molecule has 0 amide bonds. The molecule has 0 aromatic carbocycles. The van der Waals surface area contributed by atoms with Crippen LogP contribution in [0.25, 0.3) is 0 Å². The van der Waals surface area contributed by atoms with Crippen LogP contribution >= 0.6 is 0 Å². The van der Waals surface area contributed by atoms with Crippen molar-refractivity contribution in [3.8, 4) is 0 Å². The maximum absolute atomic E-state index is 12.3. The van der Waals surface area contributed by atoms with E-state index in [4.69, 9.17) is 18.9 Å². The summed E-state index contributed by atoms with van der Waals surface area (Å²) in [6.07, 6.45) is -0.949. The summed E-state index contributed by atoms with van der Waals surface area (Å²) in [6.45, 7) is 1.68. The third-order valence-electron chi connectivity index (χ3n) is 4.50. The number of hydrogen-bond donors (Lipinski definition) is 2. The smallest absolute Gasteiger partial charge is 0.410 e. The number of ether oxygens (including phenoxy) is 4. The SMILES string of the molecule is CCCC(O)C1(C2(O)OC(=O)CCCCC(=O)O2)OC(=O)CCCCC(=O)O1. The first-order chi connectivity index (χ1) is 13.2. The molecular weight excluding hydrogens is 376 g/mol. The van der Waals surface area contributed by atoms with Crippen molar-refractivity contribution in [2.75, 3.05) is 0 Å². The summed E-state index contributed by atoms with van der Waals surface area (Å²) in [5.41, 5.74) is 0. The Morgan fingerprint density at radius 3 is 1.50 bits per heavy atom. The van der Waals surface area contributed by atoms with E-state index in [2.05, 4.69) is 0 Å². The van der Waals surface area contributed by atoms with Crippen LogP contribution in [0.4, 0.5) is 0 Å². The highest BCUT2D eigenvalue weighted by molar-refractivity contribution is 5.75. The first-order valence-electron chi connectivity index (χ1n) is 9.50. The van der Waals surface area contributed by atoms with Gasteiger partial charge in [0.2, 0.25) is 0 Å². The van der Waals surface area contributed by atoms with Gasteiger partial charge in [0.05, 0.1) is 0 Å². The van der Waals surface area contributed by atoms with E-state index in [-0.39, 0.29) is 32.1 Å². The van der Waals surface area contributed by atoms with Gasteiger partial charge in [-0.3, -0.25) is 19.2 Å². The fourth-order valence-electron chi connectivity index (χ4n) is 3.05. The Morgan fingerprint density at radius 1 is 0.786 bits per heavy atom. The van der Waals surface area contributed by atoms with Crippen molar-refractivity contribution in [2.45, 2.75) is 89.0 Å². The van der Waals surface area contributed by atoms with E-state index in [0.717, 1.165) is 0 Å². The van der Waals surface area contributed by atoms with Gasteiger partial charge < -0.3 is 29.2 Å². The Kier molecular flexibility index (Phi) is 7.36. The second kappa shape index (κ2) is 9.33. The average molecular weight is 402 g/mol. The van der Waals surface area contributed by atoms with E-state index in [1.165, 1.54) is 0 Å². The standard InChI is InChI=1S/C18H26O10/c1-2-7-12(19)17(25-13(20)8-3-4-9-14(21)26-17)18(24)27-15(22)10-5-6-11-16(23)28-18/h12,19,24H,2-11H2,1H3. The van der Waals surface area contributed by atoms with E-state index >= 15 is 0 Å². The number of aliphatic hydroxyl groups is 2. The van der Waals surface area contributed by atoms with Crippen molar-refractivity contribution in [2.24, 2.45) is 0 Å². The van der Waals surface area contributed by atoms with Gasteiger partial charge in [0.25, 0.3) is 0 Å². The Labute approximate surface area is 162 Å². The van der Waals surface area contributed by atoms with Gasteiger partial charge in [-0.1, -0.05) is 13.3 Å². The lowest BCUT2D eigenvalue weighted by Gasteiger charge is -2.43. The molecule has 1 unspecified atom stereocenters. The van der Waals surface area contributed by atoms with Crippen LogP contribution in [0.1, 0.15) is 71.1 Å². The minimum Gasteiger partial charge on any atom is -0.410 e. The molecule has 10 nitrogen and oxygen atoms in total. The summed E-state index contributed by atoms with van der Waals surface area (Å²) < 4.78 is 20.2. The zero-order chi connectivity index (χ0) is 20.8. The molecule has 0 saturated carbocycles. The molecule has 2 N–H and O–H groups in total. The fraction of sp³-hybridized carbons (Fsp3) is 0.778. The molecule has 2 heterocycles. The van der Waals surface area contributed by atoms with Crippen LogP contribution in [0.15, 0.2) is 0 Å². The Morgan fingerprint density at radius 2 is 1.14 bits per heavy atom. The van der Waals surface area contributed by atoms with Crippen LogP contribution in [0.5, 0.6) is 0 Å². The number of aliphatic hydroxyl groups excluding tert-OH is 1. The average Bonchev–Trinajstić information content (AvgIpc) is 2.72. The lowest BCUT2D eigenvalue weighted by Crippen LogP contribution is -2.69. The molecule has 10 heteroatoms. The van der Waals surface area contributed by atoms with Crippen molar-refractivity contribution in [1.29, 1.82) is 0 Å². The molecule has 0 radical (unpaired) electrons. The number of esters is 4. The topological polar surface area (TPSA) is 146 Å². The summed E-state index contributed by atoms with van der Waals surface area (Å²) in [6, 6.07) is 0. The summed E-state index contributed by atoms with van der Waals surface area (Å²) >= 11 is 0. The molecule has 2 saturated heterocycles. The van der Waals surface area contributed by atoms with E-state index in [1.807, 2.05) is 0 Å². The molecule has 0 aliphatic carbocycles. The van der Waals surface area contributed by atoms with Crippen molar-refractivity contribution in [3.63, 3.8) is 0 Å². The van der Waals surface area contributed by atoms with E-state index < -0.39 is 41.7 Å². The van der Waals surface area contributed by atoms with Crippen LogP contribution < -0.4 is 0 Å². The Bertz CT molecular complexity index is 573. The van der Waals surface area contributed by atoms with Gasteiger partial charge in [-0.05, 0) is 32.1 Å². The number of hydrogen-bond acceptors (Lipinski definition) is 10. The van der Waals surface area contributed by atoms with Gasteiger partial charge in [0.15, 0.2) is 0 Å². The van der Waals surface area contributed by atoms with Crippen molar-refractivity contribution < 1.29 is 48.3 Å². The first kappa shape index (κ1) is 22.1. The van der Waals surface area contributed by atoms with Crippen LogP contribution in [0.3, 0.4) is 0 Å². The van der Waals surface area contributed by atoms with Gasteiger partial charge in [0, 0.05) is 25.7 Å². The minimum atomic E-state index is -3.32. The third kappa shape index (κ3) is 4.99. The Hall–Kier alpha value is -2.20. The molecule has 28 heavy (non-hydrogen) atoms. The Balaban J connectivity index is 2.57. The van der Waals surface area contributed by atoms with E-state index in [1.54, 1.807) is 6.92 Å². The summed E-state index contributed by atoms with van der Waals surface area (Å²) in [5, 5.41) is 21.8. The largest absolute Gasteiger partial charge is 0.459 e. The lowest BCUT2D eigenvalue weighted by atomic mass is 10.0. The number of carbonyl (C=O) groups is 4. The van der Waals surface area contributed by atoms with E-state index in [9.17, 15) is 29.4 Å². The zero-order valence-electron chi connectivity index (χ0n) is 15.8. The number of cyclic esters (lactones) is 4. The van der Waals surface area contributed by atoms with Crippen LogP contribution in [-0.4, -0.2) is 52.0 Å². The maximum Gasteiger partial charge on any atom is 0.459 e. The van der Waals surface area contributed by atoms with E-state index in [0.29, 0.717) is 32.1 Å². The zero-order valence-corrected chi connectivity index (χ0v) is 15.8. The number of rotatable bonds is 4. The molecule has 0 aromatic heterocycles. The normalized spacial score (nSPS) is 24.5. The second-order valence-corrected chi connectivity index (χ2v) is 6.86. The predicted molar refractivity (Wildman–Crippen MR) is 89.9 cm³/mol.